The predicted molar refractivity (Wildman–Crippen MR) is 109 cm³/mol. The van der Waals surface area contributed by atoms with Gasteiger partial charge in [-0.2, -0.15) is 10.2 Å². The zero-order chi connectivity index (χ0) is 19.6. The van der Waals surface area contributed by atoms with Crippen LogP contribution in [0.5, 0.6) is 0 Å². The van der Waals surface area contributed by atoms with Crippen LogP contribution in [0.25, 0.3) is 22.6 Å². The van der Waals surface area contributed by atoms with Gasteiger partial charge < -0.3 is 4.90 Å². The van der Waals surface area contributed by atoms with Gasteiger partial charge in [0.1, 0.15) is 6.33 Å². The van der Waals surface area contributed by atoms with Gasteiger partial charge in [0.05, 0.1) is 11.3 Å². The number of carbonyl (C=O) groups excluding carboxylic acids is 1. The van der Waals surface area contributed by atoms with Gasteiger partial charge in [0.2, 0.25) is 0 Å². The van der Waals surface area contributed by atoms with E-state index in [9.17, 15) is 4.79 Å². The third-order valence-electron chi connectivity index (χ3n) is 5.38. The van der Waals surface area contributed by atoms with Gasteiger partial charge in [-0.05, 0) is 12.5 Å². The molecule has 1 aliphatic rings. The maximum absolute atomic E-state index is 13.3. The minimum atomic E-state index is 0.0105. The van der Waals surface area contributed by atoms with Crippen molar-refractivity contribution in [1.82, 2.24) is 30.3 Å². The van der Waals surface area contributed by atoms with Crippen LogP contribution in [-0.4, -0.2) is 49.3 Å². The average Bonchev–Trinajstić information content (AvgIpc) is 3.40. The quantitative estimate of drug-likeness (QED) is 0.568. The van der Waals surface area contributed by atoms with Crippen molar-refractivity contribution in [3.8, 4) is 22.6 Å². The topological polar surface area (TPSA) is 90.6 Å². The fourth-order valence-electron chi connectivity index (χ4n) is 3.90. The number of H-pyrrole nitrogens is 2. The summed E-state index contributed by atoms with van der Waals surface area (Å²) in [6.07, 6.45) is 2.98. The van der Waals surface area contributed by atoms with Crippen LogP contribution in [0, 0.1) is 0 Å². The second-order valence-corrected chi connectivity index (χ2v) is 7.07. The summed E-state index contributed by atoms with van der Waals surface area (Å²) in [6.45, 7) is 1.29. The van der Waals surface area contributed by atoms with Crippen LogP contribution >= 0.6 is 0 Å². The van der Waals surface area contributed by atoms with Crippen molar-refractivity contribution in [2.75, 3.05) is 13.1 Å². The first-order valence-corrected chi connectivity index (χ1v) is 9.67. The Labute approximate surface area is 167 Å². The molecule has 1 aliphatic heterocycles. The Balaban J connectivity index is 1.41. The molecule has 3 heterocycles. The number of nitrogens with zero attached hydrogens (tertiary/aromatic N) is 4. The Kier molecular flexibility index (Phi) is 4.40. The first-order chi connectivity index (χ1) is 14.3. The SMILES string of the molecule is O=C(c1ccccc1-c1ncn[nH]1)N1CCc2[nH]nc(-c3ccccc3)c2CC1. The molecule has 5 rings (SSSR count). The second-order valence-electron chi connectivity index (χ2n) is 7.07. The molecule has 1 amide bonds. The number of hydrogen-bond donors (Lipinski definition) is 2. The van der Waals surface area contributed by atoms with E-state index in [4.69, 9.17) is 0 Å². The molecule has 0 fully saturated rings. The standard InChI is InChI=1S/C22H20N6O/c29-22(17-9-5-4-8-16(17)21-23-14-24-27-21)28-12-10-18-19(11-13-28)25-26-20(18)15-6-2-1-3-7-15/h1-9,14H,10-13H2,(H,25,26)(H,23,24,27). The van der Waals surface area contributed by atoms with E-state index in [-0.39, 0.29) is 5.91 Å². The van der Waals surface area contributed by atoms with Gasteiger partial charge in [-0.25, -0.2) is 4.98 Å². The predicted octanol–water partition coefficient (Wildman–Crippen LogP) is 3.10. The summed E-state index contributed by atoms with van der Waals surface area (Å²) in [7, 11) is 0. The smallest absolute Gasteiger partial charge is 0.254 e. The normalized spacial score (nSPS) is 13.7. The highest BCUT2D eigenvalue weighted by Gasteiger charge is 2.25. The monoisotopic (exact) mass is 384 g/mol. The number of aromatic amines is 2. The molecule has 0 aliphatic carbocycles. The highest BCUT2D eigenvalue weighted by Crippen LogP contribution is 2.28. The van der Waals surface area contributed by atoms with E-state index in [0.29, 0.717) is 24.5 Å². The molecule has 0 saturated carbocycles. The number of carbonyl (C=O) groups is 1. The summed E-state index contributed by atoms with van der Waals surface area (Å²) >= 11 is 0. The Hall–Kier alpha value is -3.74. The van der Waals surface area contributed by atoms with Crippen LogP contribution in [-0.2, 0) is 12.8 Å². The summed E-state index contributed by atoms with van der Waals surface area (Å²) < 4.78 is 0. The second kappa shape index (κ2) is 7.35. The summed E-state index contributed by atoms with van der Waals surface area (Å²) in [5.74, 6) is 0.612. The lowest BCUT2D eigenvalue weighted by Gasteiger charge is -2.21. The third kappa shape index (κ3) is 3.20. The summed E-state index contributed by atoms with van der Waals surface area (Å²) in [6, 6.07) is 17.7. The van der Waals surface area contributed by atoms with Crippen molar-refractivity contribution in [2.45, 2.75) is 12.8 Å². The number of nitrogens with one attached hydrogen (secondary N) is 2. The highest BCUT2D eigenvalue weighted by atomic mass is 16.2. The van der Waals surface area contributed by atoms with Crippen LogP contribution in [0.15, 0.2) is 60.9 Å². The fraction of sp³-hybridized carbons (Fsp3) is 0.182. The van der Waals surface area contributed by atoms with Gasteiger partial charge in [0, 0.05) is 41.9 Å². The van der Waals surface area contributed by atoms with Crippen LogP contribution in [0.2, 0.25) is 0 Å². The van der Waals surface area contributed by atoms with Gasteiger partial charge in [-0.15, -0.1) is 0 Å². The minimum absolute atomic E-state index is 0.0105. The van der Waals surface area contributed by atoms with Crippen LogP contribution in [0.4, 0.5) is 0 Å². The molecule has 0 saturated heterocycles. The van der Waals surface area contributed by atoms with E-state index in [1.54, 1.807) is 0 Å². The Morgan fingerprint density at radius 2 is 1.72 bits per heavy atom. The van der Waals surface area contributed by atoms with E-state index in [1.165, 1.54) is 11.9 Å². The molecule has 2 aromatic carbocycles. The van der Waals surface area contributed by atoms with Gasteiger partial charge in [0.25, 0.3) is 5.91 Å². The molecule has 0 bridgehead atoms. The Morgan fingerprint density at radius 1 is 0.931 bits per heavy atom. The van der Waals surface area contributed by atoms with E-state index in [0.717, 1.165) is 35.4 Å². The van der Waals surface area contributed by atoms with Gasteiger partial charge in [-0.3, -0.25) is 15.0 Å². The molecule has 0 atom stereocenters. The van der Waals surface area contributed by atoms with Crippen molar-refractivity contribution >= 4 is 5.91 Å². The van der Waals surface area contributed by atoms with Crippen molar-refractivity contribution in [1.29, 1.82) is 0 Å². The zero-order valence-corrected chi connectivity index (χ0v) is 15.8. The lowest BCUT2D eigenvalue weighted by atomic mass is 10.0. The van der Waals surface area contributed by atoms with Crippen molar-refractivity contribution < 1.29 is 4.79 Å². The lowest BCUT2D eigenvalue weighted by Crippen LogP contribution is -2.33. The first-order valence-electron chi connectivity index (χ1n) is 9.67. The molecule has 0 unspecified atom stereocenters. The number of rotatable bonds is 3. The lowest BCUT2D eigenvalue weighted by molar-refractivity contribution is 0.0763. The van der Waals surface area contributed by atoms with Crippen LogP contribution in [0.3, 0.4) is 0 Å². The number of amides is 1. The average molecular weight is 384 g/mol. The maximum atomic E-state index is 13.3. The molecule has 7 nitrogen and oxygen atoms in total. The van der Waals surface area contributed by atoms with Crippen LogP contribution in [0.1, 0.15) is 21.6 Å². The van der Waals surface area contributed by atoms with Gasteiger partial charge >= 0.3 is 0 Å². The van der Waals surface area contributed by atoms with E-state index in [1.807, 2.05) is 47.4 Å². The van der Waals surface area contributed by atoms with Crippen molar-refractivity contribution in [3.05, 3.63) is 77.7 Å². The molecular formula is C22H20N6O. The van der Waals surface area contributed by atoms with Crippen LogP contribution < -0.4 is 0 Å². The highest BCUT2D eigenvalue weighted by molar-refractivity contribution is 6.00. The number of benzene rings is 2. The largest absolute Gasteiger partial charge is 0.338 e. The molecular weight excluding hydrogens is 364 g/mol. The number of fused-ring (bicyclic) bond motifs is 1. The van der Waals surface area contributed by atoms with E-state index < -0.39 is 0 Å². The number of hydrogen-bond acceptors (Lipinski definition) is 4. The summed E-state index contributed by atoms with van der Waals surface area (Å²) in [5, 5.41) is 14.5. The Bertz CT molecular complexity index is 1130. The fourth-order valence-corrected chi connectivity index (χ4v) is 3.90. The van der Waals surface area contributed by atoms with E-state index >= 15 is 0 Å². The zero-order valence-electron chi connectivity index (χ0n) is 15.8. The summed E-state index contributed by atoms with van der Waals surface area (Å²) in [4.78, 5) is 19.5. The molecule has 0 spiro atoms. The first kappa shape index (κ1) is 17.4. The summed E-state index contributed by atoms with van der Waals surface area (Å²) in [5.41, 5.74) is 5.80. The molecule has 4 aromatic rings. The maximum Gasteiger partial charge on any atom is 0.254 e. The molecule has 29 heavy (non-hydrogen) atoms. The molecule has 0 radical (unpaired) electrons. The van der Waals surface area contributed by atoms with Crippen molar-refractivity contribution in [2.24, 2.45) is 0 Å². The van der Waals surface area contributed by atoms with Gasteiger partial charge in [-0.1, -0.05) is 48.5 Å². The third-order valence-corrected chi connectivity index (χ3v) is 5.38. The molecule has 2 aromatic heterocycles. The molecule has 7 heteroatoms. The minimum Gasteiger partial charge on any atom is -0.338 e. The molecule has 144 valence electrons. The molecule has 2 N–H and O–H groups in total. The van der Waals surface area contributed by atoms with E-state index in [2.05, 4.69) is 37.5 Å². The van der Waals surface area contributed by atoms with Crippen molar-refractivity contribution in [3.63, 3.8) is 0 Å². The van der Waals surface area contributed by atoms with Gasteiger partial charge in [0.15, 0.2) is 5.82 Å². The number of aromatic nitrogens is 5. The Morgan fingerprint density at radius 3 is 2.55 bits per heavy atom.